The van der Waals surface area contributed by atoms with Crippen LogP contribution in [0.3, 0.4) is 0 Å². The fourth-order valence-electron chi connectivity index (χ4n) is 1.86. The van der Waals surface area contributed by atoms with Crippen LogP contribution < -0.4 is 5.32 Å². The molecule has 84 valence electrons. The van der Waals surface area contributed by atoms with Crippen LogP contribution in [0.25, 0.3) is 0 Å². The minimum Gasteiger partial charge on any atom is -0.389 e. The van der Waals surface area contributed by atoms with Gasteiger partial charge in [0.1, 0.15) is 0 Å². The van der Waals surface area contributed by atoms with Gasteiger partial charge in [0.25, 0.3) is 0 Å². The standard InChI is InChI=1S/C11H24N2O/c1-3-13(4-2)9-8-12-10-11(14)6-5-7-11/h12,14H,3-10H2,1-2H3. The lowest BCUT2D eigenvalue weighted by Gasteiger charge is -2.36. The number of rotatable bonds is 7. The average molecular weight is 200 g/mol. The van der Waals surface area contributed by atoms with Gasteiger partial charge in [0.05, 0.1) is 5.60 Å². The van der Waals surface area contributed by atoms with Crippen LogP contribution >= 0.6 is 0 Å². The van der Waals surface area contributed by atoms with E-state index in [4.69, 9.17) is 0 Å². The van der Waals surface area contributed by atoms with E-state index in [-0.39, 0.29) is 5.60 Å². The molecule has 3 nitrogen and oxygen atoms in total. The molecule has 0 aromatic heterocycles. The number of nitrogens with zero attached hydrogens (tertiary/aromatic N) is 1. The number of likely N-dealkylation sites (N-methyl/N-ethyl adjacent to an activating group) is 1. The topological polar surface area (TPSA) is 35.5 Å². The highest BCUT2D eigenvalue weighted by Gasteiger charge is 2.33. The smallest absolute Gasteiger partial charge is 0.0771 e. The van der Waals surface area contributed by atoms with Gasteiger partial charge in [-0.25, -0.2) is 0 Å². The van der Waals surface area contributed by atoms with Crippen LogP contribution in [-0.4, -0.2) is 48.3 Å². The predicted molar refractivity (Wildman–Crippen MR) is 59.5 cm³/mol. The molecule has 1 saturated carbocycles. The minimum absolute atomic E-state index is 0.372. The van der Waals surface area contributed by atoms with E-state index in [1.54, 1.807) is 0 Å². The van der Waals surface area contributed by atoms with Crippen molar-refractivity contribution in [2.24, 2.45) is 0 Å². The van der Waals surface area contributed by atoms with E-state index in [1.165, 1.54) is 6.42 Å². The molecule has 0 bridgehead atoms. The fraction of sp³-hybridized carbons (Fsp3) is 1.00. The number of aliphatic hydroxyl groups is 1. The third-order valence-corrected chi connectivity index (χ3v) is 3.24. The zero-order chi connectivity index (χ0) is 10.4. The van der Waals surface area contributed by atoms with E-state index in [1.807, 2.05) is 0 Å². The van der Waals surface area contributed by atoms with Crippen molar-refractivity contribution in [3.8, 4) is 0 Å². The second kappa shape index (κ2) is 5.69. The second-order valence-corrected chi connectivity index (χ2v) is 4.28. The molecule has 0 saturated heterocycles. The normalized spacial score (nSPS) is 19.7. The van der Waals surface area contributed by atoms with Crippen molar-refractivity contribution in [2.45, 2.75) is 38.7 Å². The highest BCUT2D eigenvalue weighted by molar-refractivity contribution is 4.89. The molecule has 0 aromatic carbocycles. The van der Waals surface area contributed by atoms with E-state index in [2.05, 4.69) is 24.1 Å². The van der Waals surface area contributed by atoms with Gasteiger partial charge in [0, 0.05) is 19.6 Å². The van der Waals surface area contributed by atoms with Crippen molar-refractivity contribution >= 4 is 0 Å². The van der Waals surface area contributed by atoms with Crippen LogP contribution in [0.15, 0.2) is 0 Å². The molecule has 0 atom stereocenters. The molecule has 0 amide bonds. The fourth-order valence-corrected chi connectivity index (χ4v) is 1.86. The Morgan fingerprint density at radius 3 is 2.36 bits per heavy atom. The van der Waals surface area contributed by atoms with Crippen molar-refractivity contribution < 1.29 is 5.11 Å². The van der Waals surface area contributed by atoms with Gasteiger partial charge < -0.3 is 15.3 Å². The SMILES string of the molecule is CCN(CC)CCNCC1(O)CCC1. The first kappa shape index (κ1) is 12.0. The summed E-state index contributed by atoms with van der Waals surface area (Å²) in [4.78, 5) is 2.39. The van der Waals surface area contributed by atoms with Gasteiger partial charge in [0.15, 0.2) is 0 Å². The summed E-state index contributed by atoms with van der Waals surface area (Å²) in [6.45, 7) is 9.44. The van der Waals surface area contributed by atoms with Gasteiger partial charge in [-0.1, -0.05) is 13.8 Å². The molecular weight excluding hydrogens is 176 g/mol. The van der Waals surface area contributed by atoms with Crippen LogP contribution in [0.4, 0.5) is 0 Å². The third-order valence-electron chi connectivity index (χ3n) is 3.24. The van der Waals surface area contributed by atoms with Gasteiger partial charge in [-0.05, 0) is 32.4 Å². The Labute approximate surface area is 87.5 Å². The summed E-state index contributed by atoms with van der Waals surface area (Å²) in [6.07, 6.45) is 3.14. The molecule has 2 N–H and O–H groups in total. The Morgan fingerprint density at radius 2 is 1.93 bits per heavy atom. The lowest BCUT2D eigenvalue weighted by Crippen LogP contribution is -2.47. The highest BCUT2D eigenvalue weighted by atomic mass is 16.3. The van der Waals surface area contributed by atoms with E-state index in [9.17, 15) is 5.11 Å². The Hall–Kier alpha value is -0.120. The summed E-state index contributed by atoms with van der Waals surface area (Å²) in [5, 5.41) is 13.1. The summed E-state index contributed by atoms with van der Waals surface area (Å²) in [5.41, 5.74) is -0.372. The maximum atomic E-state index is 9.81. The molecule has 0 spiro atoms. The van der Waals surface area contributed by atoms with Gasteiger partial charge >= 0.3 is 0 Å². The summed E-state index contributed by atoms with van der Waals surface area (Å²) < 4.78 is 0. The van der Waals surface area contributed by atoms with Crippen LogP contribution in [-0.2, 0) is 0 Å². The Kier molecular flexibility index (Phi) is 4.85. The molecular formula is C11H24N2O. The molecule has 3 heteroatoms. The van der Waals surface area contributed by atoms with Crippen molar-refractivity contribution in [3.63, 3.8) is 0 Å². The van der Waals surface area contributed by atoms with Gasteiger partial charge in [0.2, 0.25) is 0 Å². The molecule has 0 heterocycles. The number of nitrogens with one attached hydrogen (secondary N) is 1. The molecule has 0 aliphatic heterocycles. The van der Waals surface area contributed by atoms with E-state index in [0.717, 1.165) is 45.6 Å². The Balaban J connectivity index is 1.98. The first-order valence-electron chi connectivity index (χ1n) is 5.85. The second-order valence-electron chi connectivity index (χ2n) is 4.28. The number of hydrogen-bond donors (Lipinski definition) is 2. The quantitative estimate of drug-likeness (QED) is 0.598. The van der Waals surface area contributed by atoms with Crippen LogP contribution in [0.5, 0.6) is 0 Å². The molecule has 0 radical (unpaired) electrons. The third kappa shape index (κ3) is 3.56. The Morgan fingerprint density at radius 1 is 1.29 bits per heavy atom. The molecule has 14 heavy (non-hydrogen) atoms. The minimum atomic E-state index is -0.372. The molecule has 1 rings (SSSR count). The first-order valence-corrected chi connectivity index (χ1v) is 5.85. The maximum Gasteiger partial charge on any atom is 0.0771 e. The van der Waals surface area contributed by atoms with Crippen LogP contribution in [0.2, 0.25) is 0 Å². The van der Waals surface area contributed by atoms with Crippen LogP contribution in [0.1, 0.15) is 33.1 Å². The van der Waals surface area contributed by atoms with Gasteiger partial charge in [-0.15, -0.1) is 0 Å². The zero-order valence-corrected chi connectivity index (χ0v) is 9.55. The molecule has 0 aromatic rings. The monoisotopic (exact) mass is 200 g/mol. The predicted octanol–water partition coefficient (Wildman–Crippen LogP) is 0.833. The summed E-state index contributed by atoms with van der Waals surface area (Å²) in [7, 11) is 0. The molecule has 1 aliphatic rings. The number of hydrogen-bond acceptors (Lipinski definition) is 3. The molecule has 0 unspecified atom stereocenters. The maximum absolute atomic E-state index is 9.81. The lowest BCUT2D eigenvalue weighted by atomic mass is 9.80. The summed E-state index contributed by atoms with van der Waals surface area (Å²) >= 11 is 0. The highest BCUT2D eigenvalue weighted by Crippen LogP contribution is 2.30. The van der Waals surface area contributed by atoms with E-state index >= 15 is 0 Å². The molecule has 1 fully saturated rings. The van der Waals surface area contributed by atoms with Crippen molar-refractivity contribution in [1.29, 1.82) is 0 Å². The van der Waals surface area contributed by atoms with Crippen molar-refractivity contribution in [3.05, 3.63) is 0 Å². The lowest BCUT2D eigenvalue weighted by molar-refractivity contribution is -0.0313. The zero-order valence-electron chi connectivity index (χ0n) is 9.55. The average Bonchev–Trinajstić information content (AvgIpc) is 2.15. The largest absolute Gasteiger partial charge is 0.389 e. The molecule has 1 aliphatic carbocycles. The first-order chi connectivity index (χ1) is 6.70. The van der Waals surface area contributed by atoms with E-state index < -0.39 is 0 Å². The van der Waals surface area contributed by atoms with Crippen molar-refractivity contribution in [2.75, 3.05) is 32.7 Å². The summed E-state index contributed by atoms with van der Waals surface area (Å²) in [6, 6.07) is 0. The van der Waals surface area contributed by atoms with Gasteiger partial charge in [-0.3, -0.25) is 0 Å². The van der Waals surface area contributed by atoms with Crippen molar-refractivity contribution in [1.82, 2.24) is 10.2 Å². The van der Waals surface area contributed by atoms with E-state index in [0.29, 0.717) is 0 Å². The van der Waals surface area contributed by atoms with Crippen LogP contribution in [0, 0.1) is 0 Å². The Bertz CT molecular complexity index is 153. The van der Waals surface area contributed by atoms with Gasteiger partial charge in [-0.2, -0.15) is 0 Å². The summed E-state index contributed by atoms with van der Waals surface area (Å²) in [5.74, 6) is 0.